The smallest absolute Gasteiger partial charge is 0.0899 e. The van der Waals surface area contributed by atoms with Gasteiger partial charge in [0.25, 0.3) is 0 Å². The summed E-state index contributed by atoms with van der Waals surface area (Å²) in [6, 6.07) is 4.66. The average molecular weight is 525 g/mol. The zero-order chi connectivity index (χ0) is 23.6. The molecule has 0 atom stereocenters. The van der Waals surface area contributed by atoms with Gasteiger partial charge in [0, 0.05) is 23.6 Å². The summed E-state index contributed by atoms with van der Waals surface area (Å²) < 4.78 is 5.75. The minimum absolute atomic E-state index is 1.03. The maximum atomic E-state index is 3.44. The number of unbranched alkanes of at least 4 members (excludes halogenated alkanes) is 12. The number of hydrogen-bond donors (Lipinski definition) is 0. The van der Waals surface area contributed by atoms with Crippen molar-refractivity contribution in [2.75, 3.05) is 0 Å². The highest BCUT2D eigenvalue weighted by Crippen LogP contribution is 2.49. The van der Waals surface area contributed by atoms with Gasteiger partial charge in [0.2, 0.25) is 0 Å². The van der Waals surface area contributed by atoms with Gasteiger partial charge in [0.15, 0.2) is 0 Å². The first kappa shape index (κ1) is 25.8. The van der Waals surface area contributed by atoms with E-state index in [1.165, 1.54) is 115 Å². The van der Waals surface area contributed by atoms with Crippen molar-refractivity contribution in [3.05, 3.63) is 21.9 Å². The number of thiophene rings is 4. The average Bonchev–Trinajstić information content (AvgIpc) is 3.56. The predicted octanol–water partition coefficient (Wildman–Crippen LogP) is 11.6. The first-order valence-corrected chi connectivity index (χ1v) is 16.4. The first-order valence-electron chi connectivity index (χ1n) is 13.2. The zero-order valence-electron chi connectivity index (χ0n) is 20.7. The van der Waals surface area contributed by atoms with Gasteiger partial charge < -0.3 is 0 Å². The zero-order valence-corrected chi connectivity index (χ0v) is 24.0. The minimum atomic E-state index is 1.03. The van der Waals surface area contributed by atoms with Crippen LogP contribution in [-0.2, 0) is 0 Å². The molecule has 0 saturated carbocycles. The highest BCUT2D eigenvalue weighted by Gasteiger charge is 2.16. The van der Waals surface area contributed by atoms with Gasteiger partial charge in [-0.2, -0.15) is 0 Å². The fraction of sp³-hybridized carbons (Fsp3) is 0.533. The summed E-state index contributed by atoms with van der Waals surface area (Å²) in [5.74, 6) is 13.7. The summed E-state index contributed by atoms with van der Waals surface area (Å²) >= 11 is 7.64. The summed E-state index contributed by atoms with van der Waals surface area (Å²) in [4.78, 5) is 2.46. The van der Waals surface area contributed by atoms with Crippen LogP contribution in [-0.4, -0.2) is 0 Å². The lowest BCUT2D eigenvalue weighted by Gasteiger charge is -1.96. The van der Waals surface area contributed by atoms with E-state index < -0.39 is 0 Å². The molecule has 0 spiro atoms. The van der Waals surface area contributed by atoms with Gasteiger partial charge in [-0.3, -0.25) is 0 Å². The van der Waals surface area contributed by atoms with Crippen LogP contribution in [0.15, 0.2) is 12.1 Å². The van der Waals surface area contributed by atoms with E-state index in [1.807, 2.05) is 45.3 Å². The van der Waals surface area contributed by atoms with E-state index in [0.717, 1.165) is 12.8 Å². The standard InChI is InChI=1S/C30H36S4/c1-3-5-7-9-11-13-15-17-19-23-21-25-27-28(33-29(25)31-23)26-22-24(32-30(26)34-27)20-18-16-14-12-10-8-6-4-2/h21-22H,3-16H2,1-2H3. The number of rotatable bonds is 12. The molecule has 0 aliphatic rings. The van der Waals surface area contributed by atoms with Gasteiger partial charge in [0.05, 0.1) is 27.2 Å². The van der Waals surface area contributed by atoms with Crippen LogP contribution in [0, 0.1) is 23.7 Å². The molecule has 0 fully saturated rings. The maximum Gasteiger partial charge on any atom is 0.0899 e. The van der Waals surface area contributed by atoms with E-state index in [4.69, 9.17) is 0 Å². The van der Waals surface area contributed by atoms with Gasteiger partial charge in [-0.05, 0) is 25.0 Å². The van der Waals surface area contributed by atoms with Gasteiger partial charge in [-0.25, -0.2) is 0 Å². The molecule has 0 aromatic carbocycles. The topological polar surface area (TPSA) is 0 Å². The van der Waals surface area contributed by atoms with Crippen LogP contribution in [0.2, 0.25) is 0 Å². The van der Waals surface area contributed by atoms with Gasteiger partial charge in [-0.15, -0.1) is 45.3 Å². The monoisotopic (exact) mass is 524 g/mol. The van der Waals surface area contributed by atoms with Crippen LogP contribution in [0.1, 0.15) is 113 Å². The summed E-state index contributed by atoms with van der Waals surface area (Å²) in [7, 11) is 0. The molecule has 4 heteroatoms. The largest absolute Gasteiger partial charge is 0.123 e. The molecule has 0 amide bonds. The quantitative estimate of drug-likeness (QED) is 0.128. The van der Waals surface area contributed by atoms with Crippen molar-refractivity contribution in [1.29, 1.82) is 0 Å². The molecule has 4 aromatic heterocycles. The van der Waals surface area contributed by atoms with Gasteiger partial charge >= 0.3 is 0 Å². The fourth-order valence-electron chi connectivity index (χ4n) is 4.26. The van der Waals surface area contributed by atoms with Crippen molar-refractivity contribution in [2.45, 2.75) is 104 Å². The van der Waals surface area contributed by atoms with E-state index in [0.29, 0.717) is 0 Å². The molecule has 180 valence electrons. The third kappa shape index (κ3) is 6.89. The van der Waals surface area contributed by atoms with E-state index in [2.05, 4.69) is 49.7 Å². The van der Waals surface area contributed by atoms with Crippen molar-refractivity contribution in [1.82, 2.24) is 0 Å². The molecule has 0 nitrogen and oxygen atoms in total. The molecule has 4 rings (SSSR count). The molecule has 0 aliphatic carbocycles. The van der Waals surface area contributed by atoms with Crippen molar-refractivity contribution < 1.29 is 0 Å². The Bertz CT molecular complexity index is 1200. The summed E-state index contributed by atoms with van der Waals surface area (Å²) in [5, 5.41) is 2.83. The van der Waals surface area contributed by atoms with E-state index in [1.54, 1.807) is 0 Å². The molecule has 0 aliphatic heterocycles. The molecule has 0 N–H and O–H groups in total. The third-order valence-electron chi connectivity index (χ3n) is 6.21. The lowest BCUT2D eigenvalue weighted by molar-refractivity contribution is 0.614. The Morgan fingerprint density at radius 1 is 0.529 bits per heavy atom. The van der Waals surface area contributed by atoms with Gasteiger partial charge in [-0.1, -0.05) is 102 Å². The maximum absolute atomic E-state index is 3.44. The van der Waals surface area contributed by atoms with Crippen LogP contribution in [0.5, 0.6) is 0 Å². The highest BCUT2D eigenvalue weighted by molar-refractivity contribution is 7.49. The molecule has 4 aromatic rings. The second kappa shape index (κ2) is 13.7. The molecular weight excluding hydrogens is 489 g/mol. The molecule has 0 saturated heterocycles. The molecule has 34 heavy (non-hydrogen) atoms. The molecule has 0 bridgehead atoms. The summed E-state index contributed by atoms with van der Waals surface area (Å²) in [5.41, 5.74) is 0. The SMILES string of the molecule is CCCCCCCCC#Cc1cc2c(s1)sc1c3cc(C#CCCCCCCCC)sc3sc21. The number of hydrogen-bond acceptors (Lipinski definition) is 4. The van der Waals surface area contributed by atoms with Crippen molar-refractivity contribution in [3.8, 4) is 23.7 Å². The van der Waals surface area contributed by atoms with Crippen LogP contribution in [0.25, 0.3) is 28.2 Å². The Balaban J connectivity index is 1.33. The second-order valence-corrected chi connectivity index (χ2v) is 13.8. The second-order valence-electron chi connectivity index (χ2n) is 9.13. The molecule has 4 heterocycles. The molecule has 0 radical (unpaired) electrons. The van der Waals surface area contributed by atoms with Gasteiger partial charge in [0.1, 0.15) is 0 Å². The predicted molar refractivity (Wildman–Crippen MR) is 160 cm³/mol. The van der Waals surface area contributed by atoms with Crippen LogP contribution < -0.4 is 0 Å². The van der Waals surface area contributed by atoms with Crippen molar-refractivity contribution in [2.24, 2.45) is 0 Å². The van der Waals surface area contributed by atoms with E-state index >= 15 is 0 Å². The Morgan fingerprint density at radius 3 is 1.38 bits per heavy atom. The Kier molecular flexibility index (Phi) is 10.4. The first-order chi connectivity index (χ1) is 16.8. The van der Waals surface area contributed by atoms with E-state index in [9.17, 15) is 0 Å². The van der Waals surface area contributed by atoms with Crippen LogP contribution >= 0.6 is 45.3 Å². The molecule has 0 unspecified atom stereocenters. The number of fused-ring (bicyclic) bond motifs is 5. The van der Waals surface area contributed by atoms with Crippen LogP contribution in [0.4, 0.5) is 0 Å². The van der Waals surface area contributed by atoms with Crippen molar-refractivity contribution >= 4 is 73.5 Å². The van der Waals surface area contributed by atoms with Crippen molar-refractivity contribution in [3.63, 3.8) is 0 Å². The molecular formula is C30H36S4. The fourth-order valence-corrected chi connectivity index (χ4v) is 9.54. The lowest BCUT2D eigenvalue weighted by atomic mass is 10.1. The lowest BCUT2D eigenvalue weighted by Crippen LogP contribution is -1.77. The summed E-state index contributed by atoms with van der Waals surface area (Å²) in [6.45, 7) is 4.55. The van der Waals surface area contributed by atoms with Crippen LogP contribution in [0.3, 0.4) is 0 Å². The summed E-state index contributed by atoms with van der Waals surface area (Å²) in [6.07, 6.45) is 18.1. The minimum Gasteiger partial charge on any atom is -0.123 e. The highest BCUT2D eigenvalue weighted by atomic mass is 32.2. The Hall–Kier alpha value is -1.30. The normalized spacial score (nSPS) is 11.2. The Labute approximate surface area is 221 Å². The Morgan fingerprint density at radius 2 is 0.941 bits per heavy atom. The van der Waals surface area contributed by atoms with E-state index in [-0.39, 0.29) is 0 Å². The third-order valence-corrected chi connectivity index (χ3v) is 11.1.